The van der Waals surface area contributed by atoms with Gasteiger partial charge in [-0.15, -0.1) is 13.2 Å². The van der Waals surface area contributed by atoms with Crippen molar-refractivity contribution in [1.82, 2.24) is 20.5 Å². The third kappa shape index (κ3) is 8.50. The van der Waals surface area contributed by atoms with Crippen molar-refractivity contribution in [3.05, 3.63) is 79.9 Å². The number of alkyl carbamates (subject to hydrolysis) is 1. The van der Waals surface area contributed by atoms with E-state index in [1.54, 1.807) is 40.0 Å². The van der Waals surface area contributed by atoms with Crippen molar-refractivity contribution in [3.63, 3.8) is 0 Å². The van der Waals surface area contributed by atoms with Gasteiger partial charge in [-0.25, -0.2) is 14.6 Å². The normalized spacial score (nSPS) is 21.6. The Kier molecular flexibility index (Phi) is 11.0. The van der Waals surface area contributed by atoms with Crippen molar-refractivity contribution in [3.8, 4) is 22.8 Å². The standard InChI is InChI=1S/C39H46N4O8/c1-7-9-11-16-29(41-37(48)51-38(3,4)5)35(45)43-23-27(20-32(43)34(44)42-39(36(46)47)22-25(39)8-2)50-33-21-30(24-14-12-10-13-15-24)40-31-19-26(49-6)17-18-28(31)33/h7-8,10,12-15,17-19,21,25,27,29,32H,1-2,9,11,16,20,22-23H2,3-6H3,(H,41,48)(H,42,44)(H,46,47)/t25-,27-,29+,32+,39-/m1/s1. The van der Waals surface area contributed by atoms with Gasteiger partial charge in [0, 0.05) is 35.4 Å². The largest absolute Gasteiger partial charge is 0.497 e. The molecule has 1 aromatic heterocycles. The number of fused-ring (bicyclic) bond motifs is 1. The SMILES string of the molecule is C=CCCC[C@H](NC(=O)OC(C)(C)C)C(=O)N1C[C@H](Oc2cc(-c3ccccc3)nc3cc(OC)ccc23)C[C@H]1C(=O)N[C@]1(C(=O)O)C[C@H]1C=C. The lowest BCUT2D eigenvalue weighted by Crippen LogP contribution is -2.56. The number of benzene rings is 2. The molecule has 270 valence electrons. The molecule has 3 amide bonds. The molecule has 2 heterocycles. The molecule has 0 radical (unpaired) electrons. The summed E-state index contributed by atoms with van der Waals surface area (Å²) in [6, 6.07) is 14.8. The molecule has 51 heavy (non-hydrogen) atoms. The quantitative estimate of drug-likeness (QED) is 0.143. The van der Waals surface area contributed by atoms with Crippen LogP contribution in [0, 0.1) is 5.92 Å². The fourth-order valence-corrected chi connectivity index (χ4v) is 6.40. The van der Waals surface area contributed by atoms with Gasteiger partial charge in [0.2, 0.25) is 11.8 Å². The van der Waals surface area contributed by atoms with Crippen LogP contribution in [-0.2, 0) is 19.1 Å². The van der Waals surface area contributed by atoms with Crippen LogP contribution in [0.1, 0.15) is 52.9 Å². The summed E-state index contributed by atoms with van der Waals surface area (Å²) in [5.41, 5.74) is -0.162. The molecular weight excluding hydrogens is 652 g/mol. The van der Waals surface area contributed by atoms with Crippen molar-refractivity contribution in [2.75, 3.05) is 13.7 Å². The monoisotopic (exact) mass is 698 g/mol. The maximum Gasteiger partial charge on any atom is 0.408 e. The number of ether oxygens (including phenoxy) is 3. The number of methoxy groups -OCH3 is 1. The first-order chi connectivity index (χ1) is 24.3. The van der Waals surface area contributed by atoms with Gasteiger partial charge in [-0.2, -0.15) is 0 Å². The third-order valence-electron chi connectivity index (χ3n) is 9.11. The van der Waals surface area contributed by atoms with Gasteiger partial charge in [-0.1, -0.05) is 42.5 Å². The van der Waals surface area contributed by atoms with E-state index in [1.165, 1.54) is 11.0 Å². The summed E-state index contributed by atoms with van der Waals surface area (Å²) in [6.07, 6.45) is 3.45. The minimum Gasteiger partial charge on any atom is -0.497 e. The fourth-order valence-electron chi connectivity index (χ4n) is 6.40. The van der Waals surface area contributed by atoms with Crippen LogP contribution in [-0.4, -0.2) is 81.8 Å². The lowest BCUT2D eigenvalue weighted by atomic mass is 10.1. The van der Waals surface area contributed by atoms with Crippen LogP contribution in [0.5, 0.6) is 11.5 Å². The first kappa shape index (κ1) is 36.9. The summed E-state index contributed by atoms with van der Waals surface area (Å²) >= 11 is 0. The molecule has 12 heteroatoms. The van der Waals surface area contributed by atoms with E-state index in [2.05, 4.69) is 23.8 Å². The van der Waals surface area contributed by atoms with Crippen LogP contribution >= 0.6 is 0 Å². The third-order valence-corrected chi connectivity index (χ3v) is 9.11. The fraction of sp³-hybridized carbons (Fsp3) is 0.410. The lowest BCUT2D eigenvalue weighted by molar-refractivity contribution is -0.145. The van der Waals surface area contributed by atoms with Crippen molar-refractivity contribution in [2.45, 2.75) is 82.2 Å². The van der Waals surface area contributed by atoms with E-state index >= 15 is 0 Å². The Hall–Kier alpha value is -5.39. The molecule has 1 saturated carbocycles. The van der Waals surface area contributed by atoms with Crippen molar-refractivity contribution in [2.24, 2.45) is 5.92 Å². The number of carboxylic acids is 1. The zero-order valence-electron chi connectivity index (χ0n) is 29.5. The molecule has 1 aliphatic carbocycles. The minimum atomic E-state index is -1.50. The predicted molar refractivity (Wildman–Crippen MR) is 192 cm³/mol. The molecule has 2 aromatic carbocycles. The number of likely N-dealkylation sites (tertiary alicyclic amines) is 1. The van der Waals surface area contributed by atoms with Crippen LogP contribution in [0.3, 0.4) is 0 Å². The number of pyridine rings is 1. The van der Waals surface area contributed by atoms with Crippen LogP contribution < -0.4 is 20.1 Å². The number of hydrogen-bond donors (Lipinski definition) is 3. The average molecular weight is 699 g/mol. The molecule has 2 aliphatic rings. The summed E-state index contributed by atoms with van der Waals surface area (Å²) in [5, 5.41) is 16.1. The number of carbonyl (C=O) groups is 4. The highest BCUT2D eigenvalue weighted by molar-refractivity contribution is 5.96. The topological polar surface area (TPSA) is 156 Å². The second-order valence-corrected chi connectivity index (χ2v) is 14.0. The molecular formula is C39H46N4O8. The Morgan fingerprint density at radius 2 is 1.86 bits per heavy atom. The number of nitrogens with zero attached hydrogens (tertiary/aromatic N) is 2. The van der Waals surface area contributed by atoms with E-state index in [1.807, 2.05) is 48.5 Å². The molecule has 5 atom stereocenters. The second-order valence-electron chi connectivity index (χ2n) is 14.0. The number of hydrogen-bond acceptors (Lipinski definition) is 8. The van der Waals surface area contributed by atoms with Crippen molar-refractivity contribution in [1.29, 1.82) is 0 Å². The summed E-state index contributed by atoms with van der Waals surface area (Å²) in [6.45, 7) is 12.6. The smallest absolute Gasteiger partial charge is 0.408 e. The first-order valence-corrected chi connectivity index (χ1v) is 17.1. The lowest BCUT2D eigenvalue weighted by Gasteiger charge is -2.30. The first-order valence-electron chi connectivity index (χ1n) is 17.1. The van der Waals surface area contributed by atoms with Gasteiger partial charge < -0.3 is 34.9 Å². The Bertz CT molecular complexity index is 1810. The highest BCUT2D eigenvalue weighted by Gasteiger charge is 2.61. The van der Waals surface area contributed by atoms with Gasteiger partial charge >= 0.3 is 12.1 Å². The van der Waals surface area contributed by atoms with E-state index in [9.17, 15) is 24.3 Å². The van der Waals surface area contributed by atoms with Gasteiger partial charge in [-0.3, -0.25) is 9.59 Å². The van der Waals surface area contributed by atoms with Gasteiger partial charge in [0.1, 0.15) is 40.8 Å². The molecule has 1 aliphatic heterocycles. The zero-order valence-corrected chi connectivity index (χ0v) is 29.5. The molecule has 1 saturated heterocycles. The number of carbonyl (C=O) groups excluding carboxylic acids is 3. The average Bonchev–Trinajstić information content (AvgIpc) is 3.66. The van der Waals surface area contributed by atoms with Crippen LogP contribution in [0.2, 0.25) is 0 Å². The molecule has 3 N–H and O–H groups in total. The number of amides is 3. The number of allylic oxidation sites excluding steroid dienone is 1. The highest BCUT2D eigenvalue weighted by atomic mass is 16.6. The number of unbranched alkanes of at least 4 members (excludes halogenated alkanes) is 1. The van der Waals surface area contributed by atoms with Crippen LogP contribution in [0.15, 0.2) is 79.9 Å². The van der Waals surface area contributed by atoms with Gasteiger partial charge in [0.25, 0.3) is 0 Å². The highest BCUT2D eigenvalue weighted by Crippen LogP contribution is 2.45. The van der Waals surface area contributed by atoms with E-state index in [4.69, 9.17) is 19.2 Å². The maximum atomic E-state index is 14.3. The molecule has 3 aromatic rings. The summed E-state index contributed by atoms with van der Waals surface area (Å²) in [7, 11) is 1.57. The molecule has 12 nitrogen and oxygen atoms in total. The molecule has 5 rings (SSSR count). The number of carboxylic acid groups (broad SMARTS) is 1. The van der Waals surface area contributed by atoms with Crippen LogP contribution in [0.25, 0.3) is 22.2 Å². The number of nitrogens with one attached hydrogen (secondary N) is 2. The minimum absolute atomic E-state index is 0.00350. The second kappa shape index (κ2) is 15.2. The molecule has 0 bridgehead atoms. The van der Waals surface area contributed by atoms with E-state index in [0.717, 1.165) is 5.56 Å². The predicted octanol–water partition coefficient (Wildman–Crippen LogP) is 5.65. The van der Waals surface area contributed by atoms with Gasteiger partial charge in [0.15, 0.2) is 0 Å². The Morgan fingerprint density at radius 1 is 1.12 bits per heavy atom. The van der Waals surface area contributed by atoms with Gasteiger partial charge in [-0.05, 0) is 58.6 Å². The Labute approximate surface area is 297 Å². The van der Waals surface area contributed by atoms with E-state index in [0.29, 0.717) is 40.9 Å². The number of rotatable bonds is 14. The maximum absolute atomic E-state index is 14.3. The number of aliphatic carboxylic acids is 1. The van der Waals surface area contributed by atoms with Crippen molar-refractivity contribution >= 4 is 34.8 Å². The van der Waals surface area contributed by atoms with E-state index in [-0.39, 0.29) is 25.8 Å². The Morgan fingerprint density at radius 3 is 2.49 bits per heavy atom. The zero-order chi connectivity index (χ0) is 36.9. The van der Waals surface area contributed by atoms with E-state index < -0.39 is 59.1 Å². The summed E-state index contributed by atoms with van der Waals surface area (Å²) in [4.78, 5) is 59.7. The Balaban J connectivity index is 1.49. The molecule has 2 fully saturated rings. The molecule has 0 spiro atoms. The number of aromatic nitrogens is 1. The van der Waals surface area contributed by atoms with Gasteiger partial charge in [0.05, 0.1) is 24.9 Å². The summed E-state index contributed by atoms with van der Waals surface area (Å²) in [5.74, 6) is -1.65. The summed E-state index contributed by atoms with van der Waals surface area (Å²) < 4.78 is 17.5. The van der Waals surface area contributed by atoms with Crippen LogP contribution in [0.4, 0.5) is 4.79 Å². The van der Waals surface area contributed by atoms with Crippen molar-refractivity contribution < 1.29 is 38.5 Å². The molecule has 0 unspecified atom stereocenters.